The fourth-order valence-corrected chi connectivity index (χ4v) is 9.08. The van der Waals surface area contributed by atoms with E-state index in [0.29, 0.717) is 42.6 Å². The zero-order valence-electron chi connectivity index (χ0n) is 27.7. The summed E-state index contributed by atoms with van der Waals surface area (Å²) >= 11 is 0. The van der Waals surface area contributed by atoms with Gasteiger partial charge in [0.05, 0.1) is 28.8 Å². The minimum Gasteiger partial charge on any atom is -0.494 e. The van der Waals surface area contributed by atoms with Crippen LogP contribution in [-0.4, -0.2) is 93.4 Å². The van der Waals surface area contributed by atoms with Gasteiger partial charge in [0.1, 0.15) is 11.2 Å². The van der Waals surface area contributed by atoms with Gasteiger partial charge >= 0.3 is 0 Å². The van der Waals surface area contributed by atoms with Crippen LogP contribution in [0.5, 0.6) is 5.75 Å². The van der Waals surface area contributed by atoms with Crippen LogP contribution in [0.25, 0.3) is 0 Å². The maximum absolute atomic E-state index is 15.0. The molecular weight excluding hydrogens is 627 g/mol. The molecule has 48 heavy (non-hydrogen) atoms. The van der Waals surface area contributed by atoms with Crippen molar-refractivity contribution in [3.8, 4) is 11.8 Å². The molecule has 0 aliphatic carbocycles. The summed E-state index contributed by atoms with van der Waals surface area (Å²) in [6.45, 7) is 10.7. The Morgan fingerprint density at radius 3 is 2.27 bits per heavy atom. The Kier molecular flexibility index (Phi) is 9.88. The van der Waals surface area contributed by atoms with Crippen molar-refractivity contribution in [2.45, 2.75) is 55.9 Å². The molecule has 3 aliphatic heterocycles. The lowest BCUT2D eigenvalue weighted by Gasteiger charge is -2.43. The Bertz CT molecular complexity index is 1790. The van der Waals surface area contributed by atoms with Crippen molar-refractivity contribution >= 4 is 27.5 Å². The summed E-state index contributed by atoms with van der Waals surface area (Å²) in [7, 11) is -4.39. The lowest BCUT2D eigenvalue weighted by molar-refractivity contribution is -0.136. The van der Waals surface area contributed by atoms with Crippen LogP contribution in [0.3, 0.4) is 0 Å². The van der Waals surface area contributed by atoms with E-state index in [-0.39, 0.29) is 28.5 Å². The van der Waals surface area contributed by atoms with E-state index in [1.807, 2.05) is 11.8 Å². The quantitative estimate of drug-likeness (QED) is 0.313. The van der Waals surface area contributed by atoms with Crippen molar-refractivity contribution in [3.63, 3.8) is 0 Å². The summed E-state index contributed by atoms with van der Waals surface area (Å²) in [4.78, 5) is 36.3. The van der Waals surface area contributed by atoms with E-state index in [2.05, 4.69) is 22.8 Å². The normalized spacial score (nSPS) is 20.8. The van der Waals surface area contributed by atoms with Crippen LogP contribution in [0, 0.1) is 11.3 Å². The van der Waals surface area contributed by atoms with Crippen LogP contribution < -0.4 is 9.04 Å². The van der Waals surface area contributed by atoms with E-state index in [9.17, 15) is 18.5 Å². The molecule has 0 saturated carbocycles. The van der Waals surface area contributed by atoms with Gasteiger partial charge in [-0.05, 0) is 74.7 Å². The number of carbonyl (C=O) groups excluding carboxylic acids is 2. The molecule has 0 bridgehead atoms. The average Bonchev–Trinajstić information content (AvgIpc) is 3.37. The van der Waals surface area contributed by atoms with Crippen molar-refractivity contribution in [2.75, 3.05) is 56.7 Å². The monoisotopic (exact) mass is 669 g/mol. The van der Waals surface area contributed by atoms with Crippen LogP contribution in [-0.2, 0) is 25.0 Å². The number of fused-ring (bicyclic) bond motifs is 1. The third-order valence-corrected chi connectivity index (χ3v) is 11.7. The lowest BCUT2D eigenvalue weighted by atomic mass is 9.71. The van der Waals surface area contributed by atoms with Gasteiger partial charge in [0.2, 0.25) is 5.91 Å². The molecule has 10 nitrogen and oxygen atoms in total. The summed E-state index contributed by atoms with van der Waals surface area (Å²) in [6.07, 6.45) is 2.51. The molecule has 3 aliphatic rings. The van der Waals surface area contributed by atoms with E-state index < -0.39 is 21.3 Å². The molecule has 0 radical (unpaired) electrons. The predicted molar refractivity (Wildman–Crippen MR) is 183 cm³/mol. The zero-order chi connectivity index (χ0) is 33.9. The maximum Gasteiger partial charge on any atom is 0.270 e. The van der Waals surface area contributed by atoms with Gasteiger partial charge in [-0.1, -0.05) is 43.3 Å². The molecule has 252 valence electrons. The molecule has 1 unspecified atom stereocenters. The number of piperidine rings is 1. The van der Waals surface area contributed by atoms with E-state index in [0.717, 1.165) is 56.3 Å². The molecule has 0 N–H and O–H groups in total. The number of hydrogen-bond acceptors (Lipinski definition) is 8. The number of nitriles is 1. The highest BCUT2D eigenvalue weighted by Crippen LogP contribution is 2.53. The SMILES string of the molecule is CCCN1CCN(C2CCN(C(=O)CC3(c4ccccc4OCC)C(=O)N(S(=O)(=O)c4ccccc4)c4ccc(C#N)cc43)CC2)CC1. The van der Waals surface area contributed by atoms with E-state index in [1.54, 1.807) is 48.5 Å². The van der Waals surface area contributed by atoms with Crippen LogP contribution >= 0.6 is 0 Å². The Morgan fingerprint density at radius 1 is 0.917 bits per heavy atom. The number of anilines is 1. The molecule has 1 atom stereocenters. The van der Waals surface area contributed by atoms with Gasteiger partial charge < -0.3 is 14.5 Å². The van der Waals surface area contributed by atoms with Gasteiger partial charge in [0.25, 0.3) is 15.9 Å². The highest BCUT2D eigenvalue weighted by molar-refractivity contribution is 7.93. The molecule has 3 aromatic rings. The summed E-state index contributed by atoms with van der Waals surface area (Å²) in [5.41, 5.74) is -0.674. The first-order chi connectivity index (χ1) is 23.2. The van der Waals surface area contributed by atoms with Gasteiger partial charge in [0, 0.05) is 57.3 Å². The fourth-order valence-electron chi connectivity index (χ4n) is 7.57. The zero-order valence-corrected chi connectivity index (χ0v) is 28.5. The number of nitrogens with zero attached hydrogens (tertiary/aromatic N) is 5. The van der Waals surface area contributed by atoms with Crippen molar-refractivity contribution < 1.29 is 22.7 Å². The van der Waals surface area contributed by atoms with Gasteiger partial charge in [-0.2, -0.15) is 5.26 Å². The highest BCUT2D eigenvalue weighted by atomic mass is 32.2. The molecule has 11 heteroatoms. The van der Waals surface area contributed by atoms with Crippen LogP contribution in [0.2, 0.25) is 0 Å². The molecule has 6 rings (SSSR count). The van der Waals surface area contributed by atoms with Crippen LogP contribution in [0.4, 0.5) is 5.69 Å². The summed E-state index contributed by atoms with van der Waals surface area (Å²) in [5, 5.41) is 9.90. The third-order valence-electron chi connectivity index (χ3n) is 9.98. The number of ether oxygens (including phenoxy) is 1. The van der Waals surface area contributed by atoms with Gasteiger partial charge in [-0.25, -0.2) is 12.7 Å². The predicted octanol–water partition coefficient (Wildman–Crippen LogP) is 4.39. The molecule has 2 saturated heterocycles. The smallest absolute Gasteiger partial charge is 0.270 e. The Balaban J connectivity index is 1.37. The van der Waals surface area contributed by atoms with E-state index >= 15 is 4.79 Å². The second-order valence-electron chi connectivity index (χ2n) is 12.7. The number of hydrogen-bond donors (Lipinski definition) is 0. The number of carbonyl (C=O) groups is 2. The standard InChI is InChI=1S/C37H43N5O5S/c1-3-18-39-21-23-40(24-22-39)29-16-19-41(20-17-29)35(43)26-37(31-12-8-9-13-34(31)47-4-2)32-25-28(27-38)14-15-33(32)42(36(37)44)48(45,46)30-10-6-5-7-11-30/h5-15,25,29H,3-4,16-24,26H2,1-2H3. The van der Waals surface area contributed by atoms with Gasteiger partial charge in [-0.15, -0.1) is 0 Å². The number of piperazine rings is 1. The minimum atomic E-state index is -4.39. The first-order valence-electron chi connectivity index (χ1n) is 16.9. The third kappa shape index (κ3) is 6.09. The highest BCUT2D eigenvalue weighted by Gasteiger charge is 2.58. The maximum atomic E-state index is 15.0. The van der Waals surface area contributed by atoms with Crippen molar-refractivity contribution in [3.05, 3.63) is 89.5 Å². The summed E-state index contributed by atoms with van der Waals surface area (Å²) < 4.78 is 35.3. The van der Waals surface area contributed by atoms with Gasteiger partial charge in [-0.3, -0.25) is 14.5 Å². The van der Waals surface area contributed by atoms with E-state index in [1.165, 1.54) is 24.3 Å². The molecule has 2 fully saturated rings. The second kappa shape index (κ2) is 14.1. The fraction of sp³-hybridized carbons (Fsp3) is 0.432. The largest absolute Gasteiger partial charge is 0.494 e. The second-order valence-corrected chi connectivity index (χ2v) is 14.5. The summed E-state index contributed by atoms with van der Waals surface area (Å²) in [5.74, 6) is -0.626. The first-order valence-corrected chi connectivity index (χ1v) is 18.3. The van der Waals surface area contributed by atoms with E-state index in [4.69, 9.17) is 4.74 Å². The number of para-hydroxylation sites is 1. The number of benzene rings is 3. The molecular formula is C37H43N5O5S. The van der Waals surface area contributed by atoms with Crippen molar-refractivity contribution in [1.82, 2.24) is 14.7 Å². The molecule has 0 aromatic heterocycles. The molecule has 3 aromatic carbocycles. The lowest BCUT2D eigenvalue weighted by Crippen LogP contribution is -2.54. The number of likely N-dealkylation sites (tertiary alicyclic amines) is 1. The van der Waals surface area contributed by atoms with Crippen molar-refractivity contribution in [2.24, 2.45) is 0 Å². The molecule has 3 heterocycles. The number of rotatable bonds is 10. The Hall–Kier alpha value is -4.24. The van der Waals surface area contributed by atoms with Crippen molar-refractivity contribution in [1.29, 1.82) is 5.26 Å². The molecule has 0 spiro atoms. The summed E-state index contributed by atoms with van der Waals surface area (Å²) in [6, 6.07) is 21.8. The average molecular weight is 670 g/mol. The first kappa shape index (κ1) is 33.7. The van der Waals surface area contributed by atoms with Crippen LogP contribution in [0.1, 0.15) is 56.2 Å². The van der Waals surface area contributed by atoms with Crippen LogP contribution in [0.15, 0.2) is 77.7 Å². The minimum absolute atomic E-state index is 0.0496. The number of amides is 2. The van der Waals surface area contributed by atoms with Gasteiger partial charge in [0.15, 0.2) is 0 Å². The Morgan fingerprint density at radius 2 is 1.60 bits per heavy atom. The number of sulfonamides is 1. The topological polar surface area (TPSA) is 114 Å². The Labute approximate surface area is 283 Å². The molecule has 2 amide bonds.